The molecule has 1 aromatic rings. The van der Waals surface area contributed by atoms with Crippen molar-refractivity contribution in [2.24, 2.45) is 0 Å². The molecule has 0 amide bonds. The Hall–Kier alpha value is -1.19. The summed E-state index contributed by atoms with van der Waals surface area (Å²) in [5, 5.41) is 13.5. The second-order valence-corrected chi connectivity index (χ2v) is 9.78. The molecule has 1 aromatic carbocycles. The first kappa shape index (κ1) is 21.1. The fourth-order valence-corrected chi connectivity index (χ4v) is 3.46. The van der Waals surface area contributed by atoms with E-state index in [1.165, 1.54) is 0 Å². The van der Waals surface area contributed by atoms with E-state index in [4.69, 9.17) is 9.47 Å². The number of hydroxylamine groups is 2. The quantitative estimate of drug-likeness (QED) is 0.286. The number of piperidine rings is 1. The van der Waals surface area contributed by atoms with Crippen LogP contribution in [0.3, 0.4) is 0 Å². The number of carbonyl (C=O) groups is 2. The predicted molar refractivity (Wildman–Crippen MR) is 105 cm³/mol. The van der Waals surface area contributed by atoms with Crippen LogP contribution in [0.1, 0.15) is 57.8 Å². The van der Waals surface area contributed by atoms with Crippen molar-refractivity contribution in [1.82, 2.24) is 5.06 Å². The van der Waals surface area contributed by atoms with Crippen LogP contribution in [0.5, 0.6) is 5.75 Å². The predicted octanol–water partition coefficient (Wildman–Crippen LogP) is 3.94. The number of hydrogen-bond donors (Lipinski definition) is 0. The Morgan fingerprint density at radius 1 is 1.12 bits per heavy atom. The molecule has 1 aliphatic rings. The van der Waals surface area contributed by atoms with Crippen molar-refractivity contribution < 1.29 is 24.3 Å². The molecule has 1 saturated heterocycles. The highest BCUT2D eigenvalue weighted by atomic mass is 127. The summed E-state index contributed by atoms with van der Waals surface area (Å²) in [7, 11) is 0. The minimum Gasteiger partial charge on any atom is -0.459 e. The van der Waals surface area contributed by atoms with Gasteiger partial charge in [-0.2, -0.15) is 0 Å². The van der Waals surface area contributed by atoms with Gasteiger partial charge in [-0.25, -0.2) is 4.79 Å². The normalized spacial score (nSPS) is 21.0. The Labute approximate surface area is 167 Å². The Bertz CT molecular complexity index is 651. The van der Waals surface area contributed by atoms with E-state index >= 15 is 0 Å². The maximum absolute atomic E-state index is 12.4. The summed E-state index contributed by atoms with van der Waals surface area (Å²) < 4.78 is 10.6. The summed E-state index contributed by atoms with van der Waals surface area (Å²) in [4.78, 5) is 24.0. The highest BCUT2D eigenvalue weighted by molar-refractivity contribution is 14.1. The molecular formula is C19H25INO5. The van der Waals surface area contributed by atoms with Gasteiger partial charge in [0.05, 0.1) is 5.56 Å². The molecule has 1 unspecified atom stereocenters. The summed E-state index contributed by atoms with van der Waals surface area (Å²) in [5.74, 6) is -0.396. The molecule has 0 aliphatic carbocycles. The van der Waals surface area contributed by atoms with Gasteiger partial charge >= 0.3 is 11.9 Å². The number of rotatable bonds is 4. The van der Waals surface area contributed by atoms with Crippen LogP contribution in [0.4, 0.5) is 0 Å². The molecule has 2 rings (SSSR count). The highest BCUT2D eigenvalue weighted by Crippen LogP contribution is 2.38. The molecule has 1 radical (unpaired) electrons. The van der Waals surface area contributed by atoms with Crippen molar-refractivity contribution in [2.75, 3.05) is 0 Å². The van der Waals surface area contributed by atoms with Crippen molar-refractivity contribution in [2.45, 2.75) is 68.6 Å². The van der Waals surface area contributed by atoms with E-state index in [1.807, 2.05) is 50.3 Å². The molecule has 1 fully saturated rings. The van der Waals surface area contributed by atoms with Gasteiger partial charge in [0.15, 0.2) is 0 Å². The molecule has 0 spiro atoms. The van der Waals surface area contributed by atoms with Crippen LogP contribution in [0, 0.1) is 0 Å². The number of carbonyl (C=O) groups excluding carboxylic acids is 2. The zero-order valence-electron chi connectivity index (χ0n) is 15.7. The smallest absolute Gasteiger partial charge is 0.338 e. The zero-order chi connectivity index (χ0) is 19.7. The van der Waals surface area contributed by atoms with E-state index in [-0.39, 0.29) is 16.0 Å². The number of hydrogen-bond acceptors (Lipinski definition) is 5. The highest BCUT2D eigenvalue weighted by Gasteiger charge is 2.47. The first-order valence-corrected chi connectivity index (χ1v) is 9.81. The van der Waals surface area contributed by atoms with Crippen LogP contribution < -0.4 is 4.74 Å². The lowest BCUT2D eigenvalue weighted by Gasteiger charge is -2.49. The van der Waals surface area contributed by atoms with Crippen molar-refractivity contribution in [3.8, 4) is 5.75 Å². The third-order valence-corrected chi connectivity index (χ3v) is 4.97. The minimum atomic E-state index is -0.596. The summed E-state index contributed by atoms with van der Waals surface area (Å²) in [6, 6.07) is 6.28. The fourth-order valence-electron chi connectivity index (χ4n) is 3.33. The number of ether oxygens (including phenoxy) is 2. The maximum Gasteiger partial charge on any atom is 0.338 e. The monoisotopic (exact) mass is 474 g/mol. The van der Waals surface area contributed by atoms with Crippen molar-refractivity contribution in [3.63, 3.8) is 0 Å². The molecule has 1 atom stereocenters. The van der Waals surface area contributed by atoms with E-state index in [9.17, 15) is 14.8 Å². The molecule has 6 nitrogen and oxygen atoms in total. The van der Waals surface area contributed by atoms with E-state index in [0.717, 1.165) is 5.06 Å². The van der Waals surface area contributed by atoms with Crippen LogP contribution in [-0.2, 0) is 14.7 Å². The molecule has 0 N–H and O–H groups in total. The first-order valence-electron chi connectivity index (χ1n) is 8.57. The van der Waals surface area contributed by atoms with Crippen molar-refractivity contribution in [1.29, 1.82) is 0 Å². The van der Waals surface area contributed by atoms with E-state index in [2.05, 4.69) is 0 Å². The largest absolute Gasteiger partial charge is 0.459 e. The van der Waals surface area contributed by atoms with E-state index < -0.39 is 17.0 Å². The van der Waals surface area contributed by atoms with Gasteiger partial charge in [-0.05, 0) is 58.9 Å². The first-order chi connectivity index (χ1) is 11.9. The number of benzene rings is 1. The lowest BCUT2D eigenvalue weighted by atomic mass is 9.80. The molecule has 26 heavy (non-hydrogen) atoms. The van der Waals surface area contributed by atoms with Crippen LogP contribution in [0.25, 0.3) is 0 Å². The second-order valence-electron chi connectivity index (χ2n) is 7.92. The van der Waals surface area contributed by atoms with Gasteiger partial charge in [-0.15, -0.1) is 10.3 Å². The molecular weight excluding hydrogens is 449 g/mol. The van der Waals surface area contributed by atoms with Crippen molar-refractivity contribution in [3.05, 3.63) is 29.8 Å². The lowest BCUT2D eigenvalue weighted by Crippen LogP contribution is -2.60. The number of nitrogens with zero attached hydrogens (tertiary/aromatic N) is 1. The van der Waals surface area contributed by atoms with Gasteiger partial charge in [-0.3, -0.25) is 4.79 Å². The Morgan fingerprint density at radius 2 is 1.62 bits per heavy atom. The average molecular weight is 474 g/mol. The van der Waals surface area contributed by atoms with Gasteiger partial charge < -0.3 is 9.47 Å². The number of halogens is 1. The van der Waals surface area contributed by atoms with Gasteiger partial charge in [0.1, 0.15) is 15.8 Å². The fraction of sp³-hybridized carbons (Fsp3) is 0.579. The van der Waals surface area contributed by atoms with Gasteiger partial charge in [-0.1, -0.05) is 22.6 Å². The van der Waals surface area contributed by atoms with E-state index in [0.29, 0.717) is 24.2 Å². The summed E-state index contributed by atoms with van der Waals surface area (Å²) in [6.45, 7) is 9.18. The van der Waals surface area contributed by atoms with Gasteiger partial charge in [0, 0.05) is 23.9 Å². The van der Waals surface area contributed by atoms with Gasteiger partial charge in [0.25, 0.3) is 0 Å². The van der Waals surface area contributed by atoms with Gasteiger partial charge in [0.2, 0.25) is 0 Å². The standard InChI is InChI=1S/C19H25INO5/c1-12(20)16(22)25-14-8-6-13(7-9-14)17(23)26-15-10-18(2,3)21(24)19(4,5)11-15/h6-9,12,15H,10-11H2,1-5H3. The van der Waals surface area contributed by atoms with Crippen LogP contribution in [0.15, 0.2) is 24.3 Å². The number of alkyl halides is 1. The minimum absolute atomic E-state index is 0.254. The molecule has 1 heterocycles. The van der Waals surface area contributed by atoms with Crippen LogP contribution in [0.2, 0.25) is 0 Å². The second kappa shape index (κ2) is 7.82. The SMILES string of the molecule is CC(I)C(=O)Oc1ccc(C(=O)OC2CC(C)(C)N([O])C(C)(C)C2)cc1. The third-order valence-electron chi connectivity index (χ3n) is 4.46. The molecule has 0 saturated carbocycles. The Balaban J connectivity index is 2.02. The van der Waals surface area contributed by atoms with E-state index in [1.54, 1.807) is 31.2 Å². The lowest BCUT2D eigenvalue weighted by molar-refractivity contribution is -0.298. The molecule has 7 heteroatoms. The summed E-state index contributed by atoms with van der Waals surface area (Å²) in [6.07, 6.45) is 0.638. The maximum atomic E-state index is 12.4. The Kier molecular flexibility index (Phi) is 6.35. The average Bonchev–Trinajstić information content (AvgIpc) is 2.52. The van der Waals surface area contributed by atoms with Crippen LogP contribution in [-0.4, -0.2) is 38.1 Å². The molecule has 1 aliphatic heterocycles. The molecule has 0 bridgehead atoms. The third kappa shape index (κ3) is 4.95. The van der Waals surface area contributed by atoms with Crippen molar-refractivity contribution >= 4 is 34.5 Å². The summed E-state index contributed by atoms with van der Waals surface area (Å²) in [5.41, 5.74) is -0.811. The number of esters is 2. The topological polar surface area (TPSA) is 75.7 Å². The summed E-state index contributed by atoms with van der Waals surface area (Å²) >= 11 is 1.98. The molecule has 143 valence electrons. The Morgan fingerprint density at radius 3 is 2.08 bits per heavy atom. The zero-order valence-corrected chi connectivity index (χ0v) is 17.9. The van der Waals surface area contributed by atoms with Crippen LogP contribution >= 0.6 is 22.6 Å². The molecule has 0 aromatic heterocycles.